The number of amides is 2. The summed E-state index contributed by atoms with van der Waals surface area (Å²) in [5.74, 6) is 0.462. The van der Waals surface area contributed by atoms with E-state index >= 15 is 0 Å². The molecule has 7 heteroatoms. The van der Waals surface area contributed by atoms with Gasteiger partial charge in [-0.05, 0) is 74.9 Å². The van der Waals surface area contributed by atoms with Crippen molar-refractivity contribution in [3.8, 4) is 0 Å². The van der Waals surface area contributed by atoms with E-state index in [1.54, 1.807) is 18.2 Å². The van der Waals surface area contributed by atoms with Crippen LogP contribution in [-0.2, 0) is 5.41 Å². The smallest absolute Gasteiger partial charge is 0.320 e. The number of carbonyl (C=O) groups excluding carboxylic acids is 1. The second kappa shape index (κ2) is 9.18. The molecule has 2 aliphatic carbocycles. The second-order valence-electron chi connectivity index (χ2n) is 9.56. The Morgan fingerprint density at radius 3 is 2.48 bits per heavy atom. The molecule has 3 aliphatic rings. The Hall–Kier alpha value is -2.26. The minimum absolute atomic E-state index is 0.0800. The Morgan fingerprint density at radius 1 is 1.15 bits per heavy atom. The van der Waals surface area contributed by atoms with Crippen molar-refractivity contribution in [2.45, 2.75) is 43.6 Å². The number of benzene rings is 2. The molecule has 1 saturated heterocycles. The van der Waals surface area contributed by atoms with Crippen LogP contribution in [0.2, 0.25) is 10.0 Å². The molecule has 0 unspecified atom stereocenters. The first-order chi connectivity index (χ1) is 16.0. The molecule has 2 aromatic rings. The molecule has 2 aromatic carbocycles. The maximum Gasteiger partial charge on any atom is 0.322 e. The minimum atomic E-state index is -0.0800. The van der Waals surface area contributed by atoms with Gasteiger partial charge >= 0.3 is 6.03 Å². The number of hydrogen-bond donors (Lipinski definition) is 1. The molecular formula is C26H28Cl2N4O. The van der Waals surface area contributed by atoms with E-state index in [1.165, 1.54) is 18.4 Å². The average molecular weight is 483 g/mol. The third kappa shape index (κ3) is 4.57. The van der Waals surface area contributed by atoms with Gasteiger partial charge in [0.05, 0.1) is 6.57 Å². The van der Waals surface area contributed by atoms with Gasteiger partial charge in [0, 0.05) is 40.3 Å². The Kier molecular flexibility index (Phi) is 6.26. The van der Waals surface area contributed by atoms with Gasteiger partial charge in [0.15, 0.2) is 5.69 Å². The van der Waals surface area contributed by atoms with Crippen molar-refractivity contribution in [1.82, 2.24) is 9.80 Å². The highest BCUT2D eigenvalue weighted by atomic mass is 35.5. The van der Waals surface area contributed by atoms with Gasteiger partial charge in [-0.1, -0.05) is 47.5 Å². The molecule has 1 aliphatic heterocycles. The van der Waals surface area contributed by atoms with Crippen LogP contribution in [0.5, 0.6) is 0 Å². The van der Waals surface area contributed by atoms with Crippen molar-refractivity contribution in [3.05, 3.63) is 69.5 Å². The quantitative estimate of drug-likeness (QED) is 0.471. The second-order valence-corrected chi connectivity index (χ2v) is 10.4. The summed E-state index contributed by atoms with van der Waals surface area (Å²) < 4.78 is 0. The predicted molar refractivity (Wildman–Crippen MR) is 133 cm³/mol. The lowest BCUT2D eigenvalue weighted by molar-refractivity contribution is 0.168. The number of rotatable bonds is 6. The van der Waals surface area contributed by atoms with Crippen LogP contribution in [0.25, 0.3) is 4.85 Å². The third-order valence-corrected chi connectivity index (χ3v) is 8.12. The average Bonchev–Trinajstić information content (AvgIpc) is 3.12. The molecule has 0 radical (unpaired) electrons. The Balaban J connectivity index is 1.34. The molecule has 2 amide bonds. The van der Waals surface area contributed by atoms with Crippen LogP contribution in [0.15, 0.2) is 42.5 Å². The van der Waals surface area contributed by atoms with Gasteiger partial charge in [-0.2, -0.15) is 0 Å². The van der Waals surface area contributed by atoms with E-state index in [9.17, 15) is 4.79 Å². The molecule has 5 nitrogen and oxygen atoms in total. The van der Waals surface area contributed by atoms with Crippen LogP contribution in [-0.4, -0.2) is 48.1 Å². The SMILES string of the molecule is [C-]#[N+]c1ccc([C@]23CC[C@@H](N(CCN4CCCC4)C(=O)Nc4cc(Cl)cc(Cl)c4)[C@H]2C3)cc1. The fraction of sp³-hybridized carbons (Fsp3) is 0.462. The number of carbonyl (C=O) groups is 1. The molecule has 5 rings (SSSR count). The zero-order valence-electron chi connectivity index (χ0n) is 18.6. The number of fused-ring (bicyclic) bond motifs is 1. The lowest BCUT2D eigenvalue weighted by Crippen LogP contribution is -2.46. The highest BCUT2D eigenvalue weighted by Gasteiger charge is 2.63. The molecular weight excluding hydrogens is 455 g/mol. The van der Waals surface area contributed by atoms with E-state index in [0.717, 1.165) is 38.9 Å². The van der Waals surface area contributed by atoms with Gasteiger partial charge < -0.3 is 15.1 Å². The molecule has 3 atom stereocenters. The van der Waals surface area contributed by atoms with Crippen molar-refractivity contribution < 1.29 is 4.79 Å². The van der Waals surface area contributed by atoms with E-state index in [4.69, 9.17) is 29.8 Å². The lowest BCUT2D eigenvalue weighted by Gasteiger charge is -2.32. The van der Waals surface area contributed by atoms with Crippen molar-refractivity contribution in [2.24, 2.45) is 5.92 Å². The zero-order valence-corrected chi connectivity index (χ0v) is 20.1. The summed E-state index contributed by atoms with van der Waals surface area (Å²) in [6.45, 7) is 11.1. The van der Waals surface area contributed by atoms with E-state index < -0.39 is 0 Å². The maximum atomic E-state index is 13.5. The summed E-state index contributed by atoms with van der Waals surface area (Å²) >= 11 is 12.3. The highest BCUT2D eigenvalue weighted by molar-refractivity contribution is 6.35. The highest BCUT2D eigenvalue weighted by Crippen LogP contribution is 2.65. The van der Waals surface area contributed by atoms with Crippen molar-refractivity contribution in [1.29, 1.82) is 0 Å². The van der Waals surface area contributed by atoms with Gasteiger partial charge in [-0.15, -0.1) is 0 Å². The summed E-state index contributed by atoms with van der Waals surface area (Å²) in [5.41, 5.74) is 2.76. The van der Waals surface area contributed by atoms with Crippen LogP contribution in [0.1, 0.15) is 37.7 Å². The Morgan fingerprint density at radius 2 is 1.85 bits per heavy atom. The van der Waals surface area contributed by atoms with Gasteiger partial charge in [0.1, 0.15) is 0 Å². The van der Waals surface area contributed by atoms with Gasteiger partial charge in [0.25, 0.3) is 0 Å². The molecule has 1 heterocycles. The molecule has 33 heavy (non-hydrogen) atoms. The molecule has 3 fully saturated rings. The normalized spacial score (nSPS) is 26.0. The van der Waals surface area contributed by atoms with E-state index in [1.807, 2.05) is 12.1 Å². The van der Waals surface area contributed by atoms with Gasteiger partial charge in [-0.25, -0.2) is 9.64 Å². The van der Waals surface area contributed by atoms with Crippen LogP contribution in [0, 0.1) is 12.5 Å². The molecule has 172 valence electrons. The van der Waals surface area contributed by atoms with Gasteiger partial charge in [-0.3, -0.25) is 0 Å². The van der Waals surface area contributed by atoms with Crippen molar-refractivity contribution in [3.63, 3.8) is 0 Å². The van der Waals surface area contributed by atoms with Gasteiger partial charge in [0.2, 0.25) is 0 Å². The maximum absolute atomic E-state index is 13.5. The monoisotopic (exact) mass is 482 g/mol. The standard InChI is InChI=1S/C26H28Cl2N4O/c1-29-21-6-4-18(5-7-21)26-9-8-24(23(26)17-26)32(13-12-31-10-2-3-11-31)25(33)30-22-15-19(27)14-20(28)16-22/h4-7,14-16,23-24H,2-3,8-13,17H2,(H,30,33)/t23-,24-,26-/m1/s1. The molecule has 1 N–H and O–H groups in total. The lowest BCUT2D eigenvalue weighted by atomic mass is 9.93. The molecule has 0 spiro atoms. The van der Waals surface area contributed by atoms with Crippen LogP contribution < -0.4 is 5.32 Å². The summed E-state index contributed by atoms with van der Waals surface area (Å²) in [7, 11) is 0. The summed E-state index contributed by atoms with van der Waals surface area (Å²) in [6, 6.07) is 13.3. The van der Waals surface area contributed by atoms with E-state index in [2.05, 4.69) is 32.1 Å². The molecule has 0 bridgehead atoms. The van der Waals surface area contributed by atoms with E-state index in [-0.39, 0.29) is 17.5 Å². The first kappa shape index (κ1) is 22.5. The van der Waals surface area contributed by atoms with Crippen LogP contribution in [0.4, 0.5) is 16.2 Å². The topological polar surface area (TPSA) is 39.9 Å². The Bertz CT molecular complexity index is 1060. The number of likely N-dealkylation sites (tertiary alicyclic amines) is 1. The largest absolute Gasteiger partial charge is 0.322 e. The number of halogens is 2. The molecule has 2 saturated carbocycles. The van der Waals surface area contributed by atoms with Crippen LogP contribution >= 0.6 is 23.2 Å². The van der Waals surface area contributed by atoms with Crippen molar-refractivity contribution in [2.75, 3.05) is 31.5 Å². The first-order valence-corrected chi connectivity index (χ1v) is 12.5. The first-order valence-electron chi connectivity index (χ1n) is 11.7. The fourth-order valence-electron chi connectivity index (χ4n) is 5.94. The third-order valence-electron chi connectivity index (χ3n) is 7.69. The summed E-state index contributed by atoms with van der Waals surface area (Å²) in [5, 5.41) is 4.06. The predicted octanol–water partition coefficient (Wildman–Crippen LogP) is 6.59. The summed E-state index contributed by atoms with van der Waals surface area (Å²) in [6.07, 6.45) is 5.66. The minimum Gasteiger partial charge on any atom is -0.320 e. The number of nitrogens with one attached hydrogen (secondary N) is 1. The van der Waals surface area contributed by atoms with E-state index in [0.29, 0.717) is 33.9 Å². The fourth-order valence-corrected chi connectivity index (χ4v) is 6.47. The van der Waals surface area contributed by atoms with Crippen molar-refractivity contribution >= 4 is 40.6 Å². The summed E-state index contributed by atoms with van der Waals surface area (Å²) in [4.78, 5) is 21.5. The van der Waals surface area contributed by atoms with Crippen LogP contribution in [0.3, 0.4) is 0 Å². The zero-order chi connectivity index (χ0) is 23.0. The Labute approximate surface area is 205 Å². The number of anilines is 1. The number of urea groups is 1. The number of hydrogen-bond acceptors (Lipinski definition) is 2. The number of nitrogens with zero attached hydrogens (tertiary/aromatic N) is 3. The molecule has 0 aromatic heterocycles.